The smallest absolute Gasteiger partial charge is 0.255 e. The maximum Gasteiger partial charge on any atom is 0.255 e. The Kier molecular flexibility index (Phi) is 10.9. The molecule has 0 aliphatic carbocycles. The summed E-state index contributed by atoms with van der Waals surface area (Å²) in [6.07, 6.45) is 5.17. The minimum absolute atomic E-state index is 0.0376. The third kappa shape index (κ3) is 9.14. The summed E-state index contributed by atoms with van der Waals surface area (Å²) in [7, 11) is 0. The number of carbonyl (C=O) groups is 2. The molecule has 3 heterocycles. The summed E-state index contributed by atoms with van der Waals surface area (Å²) in [6.45, 7) is 8.35. The fourth-order valence-electron chi connectivity index (χ4n) is 4.89. The van der Waals surface area contributed by atoms with Gasteiger partial charge in [-0.1, -0.05) is 18.2 Å². The summed E-state index contributed by atoms with van der Waals surface area (Å²) in [4.78, 5) is 42.7. The molecule has 1 aliphatic heterocycles. The standard InChI is InChI=1S/C33H38N8O3/c1-2-44-20-15-35-31(42)24-41-18-16-40(17-19-41)23-25-8-10-26(11-9-25)32(43)37-28-6-3-7-29(21-28)38-33-36-14-12-30(39-33)27-5-4-13-34-22-27/h3-14,21-22H,2,15-20,23-24H2,1H3,(H,35,42)(H,37,43)(H,36,38,39). The lowest BCUT2D eigenvalue weighted by Crippen LogP contribution is -2.49. The first-order valence-corrected chi connectivity index (χ1v) is 14.9. The fraction of sp³-hybridized carbons (Fsp3) is 0.303. The van der Waals surface area contributed by atoms with Crippen molar-refractivity contribution >= 4 is 29.1 Å². The average molecular weight is 595 g/mol. The van der Waals surface area contributed by atoms with Gasteiger partial charge in [-0.05, 0) is 61.0 Å². The number of ether oxygens (including phenoxy) is 1. The first-order chi connectivity index (χ1) is 21.6. The lowest BCUT2D eigenvalue weighted by molar-refractivity contribution is -0.122. The van der Waals surface area contributed by atoms with Gasteiger partial charge >= 0.3 is 0 Å². The maximum absolute atomic E-state index is 13.0. The summed E-state index contributed by atoms with van der Waals surface area (Å²) in [5.74, 6) is 0.304. The molecule has 5 rings (SSSR count). The lowest BCUT2D eigenvalue weighted by Gasteiger charge is -2.34. The van der Waals surface area contributed by atoms with E-state index in [0.29, 0.717) is 43.5 Å². The zero-order chi connectivity index (χ0) is 30.6. The predicted molar refractivity (Wildman–Crippen MR) is 171 cm³/mol. The van der Waals surface area contributed by atoms with Crippen molar-refractivity contribution in [2.45, 2.75) is 13.5 Å². The average Bonchev–Trinajstić information content (AvgIpc) is 3.05. The summed E-state index contributed by atoms with van der Waals surface area (Å²) >= 11 is 0. The van der Waals surface area contributed by atoms with E-state index >= 15 is 0 Å². The van der Waals surface area contributed by atoms with Gasteiger partial charge in [-0.3, -0.25) is 24.4 Å². The van der Waals surface area contributed by atoms with Crippen molar-refractivity contribution in [1.82, 2.24) is 30.1 Å². The van der Waals surface area contributed by atoms with Gasteiger partial charge in [-0.15, -0.1) is 0 Å². The van der Waals surface area contributed by atoms with E-state index in [2.05, 4.69) is 40.7 Å². The van der Waals surface area contributed by atoms with Crippen LogP contribution in [-0.2, 0) is 16.1 Å². The van der Waals surface area contributed by atoms with Crippen LogP contribution >= 0.6 is 0 Å². The minimum Gasteiger partial charge on any atom is -0.380 e. The summed E-state index contributed by atoms with van der Waals surface area (Å²) < 4.78 is 5.26. The van der Waals surface area contributed by atoms with Gasteiger partial charge in [0, 0.05) is 87.0 Å². The number of carbonyl (C=O) groups excluding carboxylic acids is 2. The Morgan fingerprint density at radius 3 is 2.48 bits per heavy atom. The zero-order valence-electron chi connectivity index (χ0n) is 24.9. The van der Waals surface area contributed by atoms with E-state index in [1.807, 2.05) is 73.7 Å². The van der Waals surface area contributed by atoms with E-state index in [9.17, 15) is 9.59 Å². The van der Waals surface area contributed by atoms with Crippen LogP contribution in [-0.4, -0.2) is 89.0 Å². The number of aromatic nitrogens is 3. The highest BCUT2D eigenvalue weighted by atomic mass is 16.5. The molecule has 0 radical (unpaired) electrons. The summed E-state index contributed by atoms with van der Waals surface area (Å²) in [6, 6.07) is 20.8. The molecular weight excluding hydrogens is 556 g/mol. The molecule has 0 saturated carbocycles. The highest BCUT2D eigenvalue weighted by Crippen LogP contribution is 2.21. The van der Waals surface area contributed by atoms with Gasteiger partial charge < -0.3 is 20.7 Å². The Hall–Kier alpha value is -4.71. The van der Waals surface area contributed by atoms with Crippen LogP contribution in [0.2, 0.25) is 0 Å². The van der Waals surface area contributed by atoms with Crippen molar-refractivity contribution in [3.8, 4) is 11.3 Å². The van der Waals surface area contributed by atoms with Crippen LogP contribution in [0.4, 0.5) is 17.3 Å². The molecule has 11 nitrogen and oxygen atoms in total. The molecular formula is C33H38N8O3. The van der Waals surface area contributed by atoms with Crippen molar-refractivity contribution in [1.29, 1.82) is 0 Å². The molecule has 1 fully saturated rings. The van der Waals surface area contributed by atoms with E-state index in [4.69, 9.17) is 4.74 Å². The summed E-state index contributed by atoms with van der Waals surface area (Å²) in [5, 5.41) is 9.09. The zero-order valence-corrected chi connectivity index (χ0v) is 24.9. The normalized spacial score (nSPS) is 13.8. The number of amides is 2. The third-order valence-electron chi connectivity index (χ3n) is 7.22. The molecule has 2 aromatic heterocycles. The van der Waals surface area contributed by atoms with Crippen molar-refractivity contribution in [3.05, 3.63) is 96.4 Å². The summed E-state index contributed by atoms with van der Waals surface area (Å²) in [5.41, 5.74) is 4.80. The van der Waals surface area contributed by atoms with E-state index in [-0.39, 0.29) is 11.8 Å². The van der Waals surface area contributed by atoms with Crippen LogP contribution in [0.5, 0.6) is 0 Å². The Morgan fingerprint density at radius 2 is 1.70 bits per heavy atom. The first kappa shape index (κ1) is 30.7. The van der Waals surface area contributed by atoms with Gasteiger partial charge in [0.05, 0.1) is 18.8 Å². The van der Waals surface area contributed by atoms with Crippen LogP contribution in [0, 0.1) is 0 Å². The van der Waals surface area contributed by atoms with Crippen molar-refractivity contribution in [3.63, 3.8) is 0 Å². The maximum atomic E-state index is 13.0. The van der Waals surface area contributed by atoms with Crippen LogP contribution in [0.3, 0.4) is 0 Å². The number of piperazine rings is 1. The Bertz CT molecular complexity index is 1510. The first-order valence-electron chi connectivity index (χ1n) is 14.9. The molecule has 3 N–H and O–H groups in total. The number of rotatable bonds is 13. The van der Waals surface area contributed by atoms with Gasteiger partial charge in [0.2, 0.25) is 11.9 Å². The highest BCUT2D eigenvalue weighted by Gasteiger charge is 2.19. The topological polar surface area (TPSA) is 125 Å². The monoisotopic (exact) mass is 594 g/mol. The van der Waals surface area contributed by atoms with Crippen molar-refractivity contribution < 1.29 is 14.3 Å². The number of nitrogens with one attached hydrogen (secondary N) is 3. The second kappa shape index (κ2) is 15.7. The van der Waals surface area contributed by atoms with Crippen LogP contribution in [0.1, 0.15) is 22.8 Å². The molecule has 1 aliphatic rings. The molecule has 0 spiro atoms. The molecule has 0 unspecified atom stereocenters. The van der Waals surface area contributed by atoms with Crippen LogP contribution in [0.25, 0.3) is 11.3 Å². The molecule has 44 heavy (non-hydrogen) atoms. The van der Waals surface area contributed by atoms with E-state index < -0.39 is 0 Å². The molecule has 2 amide bonds. The van der Waals surface area contributed by atoms with Gasteiger partial charge in [0.25, 0.3) is 5.91 Å². The number of hydrogen-bond acceptors (Lipinski definition) is 9. The van der Waals surface area contributed by atoms with Crippen LogP contribution < -0.4 is 16.0 Å². The fourth-order valence-corrected chi connectivity index (χ4v) is 4.89. The highest BCUT2D eigenvalue weighted by molar-refractivity contribution is 6.04. The number of benzene rings is 2. The molecule has 11 heteroatoms. The van der Waals surface area contributed by atoms with Crippen molar-refractivity contribution in [2.24, 2.45) is 0 Å². The minimum atomic E-state index is -0.184. The van der Waals surface area contributed by atoms with E-state index in [1.54, 1.807) is 18.6 Å². The third-order valence-corrected chi connectivity index (χ3v) is 7.22. The molecule has 0 atom stereocenters. The predicted octanol–water partition coefficient (Wildman–Crippen LogP) is 3.80. The SMILES string of the molecule is CCOCCNC(=O)CN1CCN(Cc2ccc(C(=O)Nc3cccc(Nc4nccc(-c5cccnc5)n4)c3)cc2)CC1. The number of hydrogen-bond donors (Lipinski definition) is 3. The Balaban J connectivity index is 1.08. The number of anilines is 3. The Morgan fingerprint density at radius 1 is 0.909 bits per heavy atom. The Labute approximate surface area is 257 Å². The largest absolute Gasteiger partial charge is 0.380 e. The second-order valence-corrected chi connectivity index (χ2v) is 10.5. The van der Waals surface area contributed by atoms with Crippen LogP contribution in [0.15, 0.2) is 85.3 Å². The molecule has 4 aromatic rings. The van der Waals surface area contributed by atoms with Crippen molar-refractivity contribution in [2.75, 3.05) is 63.1 Å². The van der Waals surface area contributed by atoms with E-state index in [0.717, 1.165) is 55.2 Å². The number of nitrogens with zero attached hydrogens (tertiary/aromatic N) is 5. The second-order valence-electron chi connectivity index (χ2n) is 10.5. The molecule has 1 saturated heterocycles. The van der Waals surface area contributed by atoms with Gasteiger partial charge in [0.15, 0.2) is 0 Å². The molecule has 0 bridgehead atoms. The molecule has 228 valence electrons. The van der Waals surface area contributed by atoms with Gasteiger partial charge in [0.1, 0.15) is 0 Å². The van der Waals surface area contributed by atoms with Gasteiger partial charge in [-0.2, -0.15) is 0 Å². The quantitative estimate of drug-likeness (QED) is 0.198. The lowest BCUT2D eigenvalue weighted by atomic mass is 10.1. The molecule has 2 aromatic carbocycles. The van der Waals surface area contributed by atoms with E-state index in [1.165, 1.54) is 0 Å². The number of pyridine rings is 1. The van der Waals surface area contributed by atoms with Gasteiger partial charge in [-0.25, -0.2) is 9.97 Å².